The number of thiazole rings is 1. The lowest BCUT2D eigenvalue weighted by Gasteiger charge is -2.15. The second-order valence-electron chi connectivity index (χ2n) is 7.46. The fourth-order valence-electron chi connectivity index (χ4n) is 3.59. The summed E-state index contributed by atoms with van der Waals surface area (Å²) in [5.41, 5.74) is 2.16. The number of nitrogens with one attached hydrogen (secondary N) is 1. The van der Waals surface area contributed by atoms with Crippen molar-refractivity contribution < 1.29 is 13.2 Å². The topological polar surface area (TPSA) is 88.5 Å². The summed E-state index contributed by atoms with van der Waals surface area (Å²) < 4.78 is 30.2. The summed E-state index contributed by atoms with van der Waals surface area (Å²) >= 11 is 0.991. The number of fused-ring (bicyclic) bond motifs is 1. The summed E-state index contributed by atoms with van der Waals surface area (Å²) in [6, 6.07) is 11.7. The Balaban J connectivity index is 1.55. The second kappa shape index (κ2) is 8.23. The number of rotatable bonds is 6. The Bertz CT molecular complexity index is 1240. The molecule has 1 N–H and O–H groups in total. The van der Waals surface area contributed by atoms with E-state index in [1.165, 1.54) is 12.1 Å². The van der Waals surface area contributed by atoms with Crippen LogP contribution >= 0.6 is 11.3 Å². The van der Waals surface area contributed by atoms with E-state index in [-0.39, 0.29) is 22.1 Å². The van der Waals surface area contributed by atoms with E-state index in [9.17, 15) is 18.0 Å². The van der Waals surface area contributed by atoms with Crippen LogP contribution in [0.2, 0.25) is 0 Å². The van der Waals surface area contributed by atoms with Crippen LogP contribution in [-0.4, -0.2) is 36.9 Å². The zero-order valence-electron chi connectivity index (χ0n) is 16.6. The number of nitrogens with zero attached hydrogens (tertiary/aromatic N) is 2. The van der Waals surface area contributed by atoms with Crippen LogP contribution in [0.25, 0.3) is 10.2 Å². The molecule has 1 aliphatic heterocycles. The van der Waals surface area contributed by atoms with Gasteiger partial charge in [0.05, 0.1) is 15.1 Å². The van der Waals surface area contributed by atoms with Crippen LogP contribution in [0.5, 0.6) is 0 Å². The number of carbonyl (C=O) groups excluding carboxylic acids is 1. The number of likely N-dealkylation sites (tertiary alicyclic amines) is 1. The summed E-state index contributed by atoms with van der Waals surface area (Å²) in [7, 11) is -3.77. The Labute approximate surface area is 179 Å². The predicted octanol–water partition coefficient (Wildman–Crippen LogP) is 3.18. The number of aromatic nitrogens is 1. The van der Waals surface area contributed by atoms with Crippen molar-refractivity contribution in [1.29, 1.82) is 0 Å². The lowest BCUT2D eigenvalue weighted by atomic mass is 10.2. The van der Waals surface area contributed by atoms with Gasteiger partial charge in [0, 0.05) is 31.7 Å². The van der Waals surface area contributed by atoms with E-state index < -0.39 is 10.0 Å². The molecule has 0 spiro atoms. The SMILES string of the molecule is Cc1ccc(NS(=O)(=O)c2ccc3c(c2)sc(=O)n3CCC(=O)N2CCCC2)cc1. The van der Waals surface area contributed by atoms with Gasteiger partial charge in [-0.3, -0.25) is 18.9 Å². The molecule has 1 fully saturated rings. The van der Waals surface area contributed by atoms with Gasteiger partial charge in [-0.2, -0.15) is 0 Å². The monoisotopic (exact) mass is 445 g/mol. The van der Waals surface area contributed by atoms with Gasteiger partial charge in [0.1, 0.15) is 0 Å². The average molecular weight is 446 g/mol. The molecule has 0 saturated carbocycles. The molecule has 2 heterocycles. The molecule has 1 aliphatic rings. The highest BCUT2D eigenvalue weighted by Gasteiger charge is 2.20. The van der Waals surface area contributed by atoms with E-state index >= 15 is 0 Å². The van der Waals surface area contributed by atoms with Gasteiger partial charge in [0.2, 0.25) is 5.91 Å². The van der Waals surface area contributed by atoms with Crippen molar-refractivity contribution in [3.63, 3.8) is 0 Å². The lowest BCUT2D eigenvalue weighted by molar-refractivity contribution is -0.130. The van der Waals surface area contributed by atoms with Crippen molar-refractivity contribution in [3.05, 3.63) is 57.7 Å². The van der Waals surface area contributed by atoms with Crippen molar-refractivity contribution in [2.24, 2.45) is 0 Å². The van der Waals surface area contributed by atoms with Gasteiger partial charge in [-0.25, -0.2) is 8.42 Å². The van der Waals surface area contributed by atoms with Gasteiger partial charge < -0.3 is 4.90 Å². The van der Waals surface area contributed by atoms with Crippen LogP contribution in [0.15, 0.2) is 52.2 Å². The number of carbonyl (C=O) groups is 1. The van der Waals surface area contributed by atoms with E-state index in [0.29, 0.717) is 22.4 Å². The smallest absolute Gasteiger partial charge is 0.308 e. The van der Waals surface area contributed by atoms with Crippen LogP contribution in [0.4, 0.5) is 5.69 Å². The first-order valence-electron chi connectivity index (χ1n) is 9.84. The first-order valence-corrected chi connectivity index (χ1v) is 12.1. The van der Waals surface area contributed by atoms with Gasteiger partial charge in [-0.1, -0.05) is 29.0 Å². The summed E-state index contributed by atoms with van der Waals surface area (Å²) in [5, 5.41) is 0. The first kappa shape index (κ1) is 20.6. The van der Waals surface area contributed by atoms with Crippen LogP contribution in [0.1, 0.15) is 24.8 Å². The zero-order valence-corrected chi connectivity index (χ0v) is 18.3. The Morgan fingerprint density at radius 2 is 1.80 bits per heavy atom. The summed E-state index contributed by atoms with van der Waals surface area (Å²) in [4.78, 5) is 26.5. The van der Waals surface area contributed by atoms with Crippen molar-refractivity contribution in [1.82, 2.24) is 9.47 Å². The fraction of sp³-hybridized carbons (Fsp3) is 0.333. The minimum atomic E-state index is -3.77. The number of hydrogen-bond donors (Lipinski definition) is 1. The number of amides is 1. The van der Waals surface area contributed by atoms with E-state index in [1.807, 2.05) is 24.0 Å². The van der Waals surface area contributed by atoms with E-state index in [2.05, 4.69) is 4.72 Å². The molecule has 158 valence electrons. The molecule has 1 amide bonds. The lowest BCUT2D eigenvalue weighted by Crippen LogP contribution is -2.29. The molecule has 0 unspecified atom stereocenters. The van der Waals surface area contributed by atoms with Gasteiger partial charge in [-0.15, -0.1) is 0 Å². The van der Waals surface area contributed by atoms with Crippen LogP contribution in [0, 0.1) is 6.92 Å². The Morgan fingerprint density at radius 3 is 2.50 bits per heavy atom. The van der Waals surface area contributed by atoms with E-state index in [1.54, 1.807) is 22.8 Å². The summed E-state index contributed by atoms with van der Waals surface area (Å²) in [6.07, 6.45) is 2.32. The maximum absolute atomic E-state index is 12.7. The van der Waals surface area contributed by atoms with E-state index in [4.69, 9.17) is 0 Å². The van der Waals surface area contributed by atoms with Gasteiger partial charge in [-0.05, 0) is 50.1 Å². The Kier molecular flexibility index (Phi) is 5.66. The van der Waals surface area contributed by atoms with Gasteiger partial charge in [0.25, 0.3) is 10.0 Å². The van der Waals surface area contributed by atoms with Gasteiger partial charge in [0.15, 0.2) is 0 Å². The summed E-state index contributed by atoms with van der Waals surface area (Å²) in [6.45, 7) is 3.79. The maximum Gasteiger partial charge on any atom is 0.308 e. The number of sulfonamides is 1. The molecular formula is C21H23N3O4S2. The molecule has 3 aromatic rings. The third kappa shape index (κ3) is 4.27. The van der Waals surface area contributed by atoms with Crippen LogP contribution in [0.3, 0.4) is 0 Å². The largest absolute Gasteiger partial charge is 0.343 e. The number of aryl methyl sites for hydroxylation is 2. The molecule has 4 rings (SSSR count). The zero-order chi connectivity index (χ0) is 21.3. The molecule has 9 heteroatoms. The molecule has 1 aromatic heterocycles. The molecule has 1 saturated heterocycles. The van der Waals surface area contributed by atoms with Crippen molar-refractivity contribution in [3.8, 4) is 0 Å². The standard InChI is InChI=1S/C21H23N3O4S2/c1-15-4-6-16(7-5-15)22-30(27,28)17-8-9-18-19(14-17)29-21(26)24(18)13-10-20(25)23-11-2-3-12-23/h4-9,14,22H,2-3,10-13H2,1H3. The molecule has 7 nitrogen and oxygen atoms in total. The minimum Gasteiger partial charge on any atom is -0.343 e. The molecule has 0 aliphatic carbocycles. The third-order valence-corrected chi connectivity index (χ3v) is 7.58. The first-order chi connectivity index (χ1) is 14.3. The average Bonchev–Trinajstić information content (AvgIpc) is 3.35. The van der Waals surface area contributed by atoms with Crippen molar-refractivity contribution >= 4 is 43.2 Å². The quantitative estimate of drug-likeness (QED) is 0.631. The van der Waals surface area contributed by atoms with Crippen LogP contribution in [-0.2, 0) is 21.4 Å². The van der Waals surface area contributed by atoms with Crippen molar-refractivity contribution in [2.75, 3.05) is 17.8 Å². The molecular weight excluding hydrogens is 422 g/mol. The normalized spacial score (nSPS) is 14.4. The number of benzene rings is 2. The summed E-state index contributed by atoms with van der Waals surface area (Å²) in [5.74, 6) is 0.0558. The highest BCUT2D eigenvalue weighted by molar-refractivity contribution is 7.92. The van der Waals surface area contributed by atoms with Crippen LogP contribution < -0.4 is 9.60 Å². The second-order valence-corrected chi connectivity index (χ2v) is 10.1. The number of anilines is 1. The molecule has 0 radical (unpaired) electrons. The fourth-order valence-corrected chi connectivity index (χ4v) is 5.71. The predicted molar refractivity (Wildman–Crippen MR) is 119 cm³/mol. The molecule has 0 bridgehead atoms. The highest BCUT2D eigenvalue weighted by Crippen LogP contribution is 2.24. The minimum absolute atomic E-state index is 0.0558. The highest BCUT2D eigenvalue weighted by atomic mass is 32.2. The maximum atomic E-state index is 12.7. The van der Waals surface area contributed by atoms with Crippen molar-refractivity contribution in [2.45, 2.75) is 37.6 Å². The molecule has 2 aromatic carbocycles. The van der Waals surface area contributed by atoms with Gasteiger partial charge >= 0.3 is 4.87 Å². The van der Waals surface area contributed by atoms with E-state index in [0.717, 1.165) is 42.8 Å². The molecule has 0 atom stereocenters. The number of hydrogen-bond acceptors (Lipinski definition) is 5. The Hall–Kier alpha value is -2.65. The molecule has 30 heavy (non-hydrogen) atoms. The third-order valence-electron chi connectivity index (χ3n) is 5.26. The Morgan fingerprint density at radius 1 is 1.10 bits per heavy atom.